The highest BCUT2D eigenvalue weighted by atomic mass is 16.5. The molecule has 2 rings (SSSR count). The summed E-state index contributed by atoms with van der Waals surface area (Å²) in [7, 11) is 0. The van der Waals surface area contributed by atoms with Gasteiger partial charge in [-0.3, -0.25) is 9.78 Å². The Morgan fingerprint density at radius 2 is 2.05 bits per heavy atom. The summed E-state index contributed by atoms with van der Waals surface area (Å²) in [6, 6.07) is 9.91. The van der Waals surface area contributed by atoms with Crippen LogP contribution in [0.3, 0.4) is 0 Å². The number of carboxylic acid groups (broad SMARTS) is 1. The standard InChI is InChI=1S/C15H13N3O4/c19-14(20)10-22-13-5-3-11(4-6-13)8-17-18-15(21)12-2-1-7-16-9-12/h1-9H,10H2,(H,18,21)(H,19,20)/b17-8-. The monoisotopic (exact) mass is 299 g/mol. The fraction of sp³-hybridized carbons (Fsp3) is 0.0667. The first-order chi connectivity index (χ1) is 10.6. The predicted molar refractivity (Wildman–Crippen MR) is 78.9 cm³/mol. The minimum Gasteiger partial charge on any atom is -0.482 e. The van der Waals surface area contributed by atoms with Gasteiger partial charge in [0.1, 0.15) is 5.75 Å². The highest BCUT2D eigenvalue weighted by Crippen LogP contribution is 2.10. The van der Waals surface area contributed by atoms with E-state index in [1.807, 2.05) is 0 Å². The van der Waals surface area contributed by atoms with Gasteiger partial charge in [0.2, 0.25) is 0 Å². The number of carbonyl (C=O) groups is 2. The third-order valence-corrected chi connectivity index (χ3v) is 2.55. The first-order valence-corrected chi connectivity index (χ1v) is 6.33. The van der Waals surface area contributed by atoms with Crippen LogP contribution in [0.25, 0.3) is 0 Å². The molecule has 0 aliphatic heterocycles. The quantitative estimate of drug-likeness (QED) is 0.618. The van der Waals surface area contributed by atoms with Gasteiger partial charge in [-0.2, -0.15) is 5.10 Å². The first kappa shape index (κ1) is 15.2. The van der Waals surface area contributed by atoms with Crippen LogP contribution in [-0.4, -0.2) is 34.8 Å². The van der Waals surface area contributed by atoms with E-state index in [0.717, 1.165) is 5.56 Å². The Labute approximate surface area is 126 Å². The number of pyridine rings is 1. The zero-order valence-electron chi connectivity index (χ0n) is 11.5. The van der Waals surface area contributed by atoms with Crippen LogP contribution >= 0.6 is 0 Å². The van der Waals surface area contributed by atoms with Crippen molar-refractivity contribution in [3.05, 3.63) is 59.9 Å². The van der Waals surface area contributed by atoms with Gasteiger partial charge in [0, 0.05) is 12.4 Å². The van der Waals surface area contributed by atoms with E-state index in [1.54, 1.807) is 42.6 Å². The number of hydrazone groups is 1. The highest BCUT2D eigenvalue weighted by Gasteiger charge is 2.02. The minimum absolute atomic E-state index is 0.356. The SMILES string of the molecule is O=C(O)COc1ccc(/C=N\NC(=O)c2cccnc2)cc1. The molecule has 0 saturated heterocycles. The number of benzene rings is 1. The molecule has 0 atom stereocenters. The molecule has 2 aromatic rings. The van der Waals surface area contributed by atoms with Gasteiger partial charge >= 0.3 is 5.97 Å². The van der Waals surface area contributed by atoms with Crippen LogP contribution in [0, 0.1) is 0 Å². The fourth-order valence-corrected chi connectivity index (χ4v) is 1.52. The van der Waals surface area contributed by atoms with Gasteiger partial charge in [0.05, 0.1) is 11.8 Å². The molecule has 0 aliphatic rings. The molecule has 0 radical (unpaired) electrons. The second kappa shape index (κ2) is 7.53. The van der Waals surface area contributed by atoms with Crippen LogP contribution in [0.2, 0.25) is 0 Å². The normalized spacial score (nSPS) is 10.4. The second-order valence-corrected chi connectivity index (χ2v) is 4.19. The largest absolute Gasteiger partial charge is 0.482 e. The second-order valence-electron chi connectivity index (χ2n) is 4.19. The highest BCUT2D eigenvalue weighted by molar-refractivity contribution is 5.94. The predicted octanol–water partition coefficient (Wildman–Crippen LogP) is 1.31. The van der Waals surface area contributed by atoms with Crippen LogP contribution < -0.4 is 10.2 Å². The van der Waals surface area contributed by atoms with E-state index < -0.39 is 12.6 Å². The number of aliphatic carboxylic acids is 1. The van der Waals surface area contributed by atoms with E-state index in [9.17, 15) is 9.59 Å². The number of hydrogen-bond acceptors (Lipinski definition) is 5. The lowest BCUT2D eigenvalue weighted by Gasteiger charge is -2.02. The van der Waals surface area contributed by atoms with Crippen LogP contribution in [0.15, 0.2) is 53.9 Å². The number of carboxylic acids is 1. The van der Waals surface area contributed by atoms with Crippen molar-refractivity contribution in [3.63, 3.8) is 0 Å². The van der Waals surface area contributed by atoms with E-state index in [1.165, 1.54) is 12.4 Å². The smallest absolute Gasteiger partial charge is 0.341 e. The molecule has 0 aliphatic carbocycles. The Morgan fingerprint density at radius 3 is 2.68 bits per heavy atom. The molecule has 22 heavy (non-hydrogen) atoms. The van der Waals surface area contributed by atoms with E-state index >= 15 is 0 Å². The molecular formula is C15H13N3O4. The zero-order valence-corrected chi connectivity index (χ0v) is 11.5. The lowest BCUT2D eigenvalue weighted by atomic mass is 10.2. The number of hydrogen-bond donors (Lipinski definition) is 2. The molecule has 1 amide bonds. The molecule has 0 spiro atoms. The van der Waals surface area contributed by atoms with Crippen LogP contribution in [-0.2, 0) is 4.79 Å². The number of aromatic nitrogens is 1. The van der Waals surface area contributed by atoms with Gasteiger partial charge < -0.3 is 9.84 Å². The van der Waals surface area contributed by atoms with Crippen molar-refractivity contribution < 1.29 is 19.4 Å². The lowest BCUT2D eigenvalue weighted by molar-refractivity contribution is -0.139. The van der Waals surface area contributed by atoms with Crippen molar-refractivity contribution >= 4 is 18.1 Å². The molecule has 0 bridgehead atoms. The summed E-state index contributed by atoms with van der Waals surface area (Å²) in [6.45, 7) is -0.394. The molecule has 7 nitrogen and oxygen atoms in total. The van der Waals surface area contributed by atoms with E-state index in [2.05, 4.69) is 15.5 Å². The maximum absolute atomic E-state index is 11.7. The van der Waals surface area contributed by atoms with Crippen LogP contribution in [0.4, 0.5) is 0 Å². The summed E-state index contributed by atoms with van der Waals surface area (Å²) in [4.78, 5) is 25.9. The first-order valence-electron chi connectivity index (χ1n) is 6.33. The van der Waals surface area contributed by atoms with E-state index in [0.29, 0.717) is 11.3 Å². The Morgan fingerprint density at radius 1 is 1.27 bits per heavy atom. The summed E-state index contributed by atoms with van der Waals surface area (Å²) in [6.07, 6.45) is 4.49. The Bertz CT molecular complexity index is 669. The molecule has 1 aromatic heterocycles. The summed E-state index contributed by atoms with van der Waals surface area (Å²) in [5.74, 6) is -0.950. The average Bonchev–Trinajstić information content (AvgIpc) is 2.55. The summed E-state index contributed by atoms with van der Waals surface area (Å²) in [5.41, 5.74) is 3.53. The van der Waals surface area contributed by atoms with Crippen LogP contribution in [0.1, 0.15) is 15.9 Å². The van der Waals surface area contributed by atoms with Crippen molar-refractivity contribution in [2.45, 2.75) is 0 Å². The maximum atomic E-state index is 11.7. The van der Waals surface area contributed by atoms with E-state index in [-0.39, 0.29) is 5.91 Å². The molecule has 1 heterocycles. The van der Waals surface area contributed by atoms with Crippen molar-refractivity contribution in [1.29, 1.82) is 0 Å². The molecule has 0 unspecified atom stereocenters. The number of carbonyl (C=O) groups excluding carboxylic acids is 1. The number of rotatable bonds is 6. The number of amides is 1. The summed E-state index contributed by atoms with van der Waals surface area (Å²) < 4.78 is 5.00. The molecule has 0 fully saturated rings. The molecular weight excluding hydrogens is 286 g/mol. The molecule has 2 N–H and O–H groups in total. The lowest BCUT2D eigenvalue weighted by Crippen LogP contribution is -2.17. The zero-order chi connectivity index (χ0) is 15.8. The topological polar surface area (TPSA) is 101 Å². The fourth-order valence-electron chi connectivity index (χ4n) is 1.52. The number of nitrogens with zero attached hydrogens (tertiary/aromatic N) is 2. The Hall–Kier alpha value is -3.22. The van der Waals surface area contributed by atoms with E-state index in [4.69, 9.17) is 9.84 Å². The third-order valence-electron chi connectivity index (χ3n) is 2.55. The van der Waals surface area contributed by atoms with Gasteiger partial charge in [-0.15, -0.1) is 0 Å². The van der Waals surface area contributed by atoms with Crippen molar-refractivity contribution in [2.24, 2.45) is 5.10 Å². The van der Waals surface area contributed by atoms with Gasteiger partial charge in [-0.05, 0) is 42.0 Å². The van der Waals surface area contributed by atoms with Gasteiger partial charge in [0.25, 0.3) is 5.91 Å². The van der Waals surface area contributed by atoms with Crippen molar-refractivity contribution in [2.75, 3.05) is 6.61 Å². The van der Waals surface area contributed by atoms with Crippen molar-refractivity contribution in [3.8, 4) is 5.75 Å². The Balaban J connectivity index is 1.88. The number of ether oxygens (including phenoxy) is 1. The minimum atomic E-state index is -1.04. The summed E-state index contributed by atoms with van der Waals surface area (Å²) in [5, 5.41) is 12.3. The molecule has 1 aromatic carbocycles. The maximum Gasteiger partial charge on any atom is 0.341 e. The molecule has 112 valence electrons. The number of nitrogens with one attached hydrogen (secondary N) is 1. The van der Waals surface area contributed by atoms with Crippen LogP contribution in [0.5, 0.6) is 5.75 Å². The van der Waals surface area contributed by atoms with Gasteiger partial charge in [-0.1, -0.05) is 0 Å². The molecule has 0 saturated carbocycles. The Kier molecular flexibility index (Phi) is 5.20. The average molecular weight is 299 g/mol. The van der Waals surface area contributed by atoms with Crippen molar-refractivity contribution in [1.82, 2.24) is 10.4 Å². The van der Waals surface area contributed by atoms with Gasteiger partial charge in [0.15, 0.2) is 6.61 Å². The third kappa shape index (κ3) is 4.71. The molecule has 7 heteroatoms. The van der Waals surface area contributed by atoms with Gasteiger partial charge in [-0.25, -0.2) is 10.2 Å². The summed E-state index contributed by atoms with van der Waals surface area (Å²) >= 11 is 0.